The fourth-order valence-corrected chi connectivity index (χ4v) is 4.11. The summed E-state index contributed by atoms with van der Waals surface area (Å²) in [4.78, 5) is 0. The van der Waals surface area contributed by atoms with E-state index >= 15 is 0 Å². The molecule has 0 aliphatic heterocycles. The van der Waals surface area contributed by atoms with Crippen LogP contribution < -0.4 is 5.73 Å². The lowest BCUT2D eigenvalue weighted by molar-refractivity contribution is -0.00538. The van der Waals surface area contributed by atoms with Gasteiger partial charge in [-0.15, -0.1) is 0 Å². The third kappa shape index (κ3) is 4.31. The molecular formula is C19H31NO. The van der Waals surface area contributed by atoms with E-state index in [2.05, 4.69) is 46.8 Å². The maximum Gasteiger partial charge on any atom is 0.0663 e. The van der Waals surface area contributed by atoms with E-state index in [1.807, 2.05) is 0 Å². The maximum absolute atomic E-state index is 6.41. The molecule has 0 radical (unpaired) electrons. The van der Waals surface area contributed by atoms with Crippen LogP contribution in [0.25, 0.3) is 0 Å². The Kier molecular flexibility index (Phi) is 5.45. The van der Waals surface area contributed by atoms with E-state index in [4.69, 9.17) is 10.5 Å². The van der Waals surface area contributed by atoms with Crippen molar-refractivity contribution < 1.29 is 4.74 Å². The molecular weight excluding hydrogens is 258 g/mol. The van der Waals surface area contributed by atoms with Crippen LogP contribution in [0.15, 0.2) is 12.1 Å². The Morgan fingerprint density at radius 1 is 1.05 bits per heavy atom. The fourth-order valence-electron chi connectivity index (χ4n) is 4.11. The van der Waals surface area contributed by atoms with Crippen LogP contribution in [0.1, 0.15) is 61.4 Å². The van der Waals surface area contributed by atoms with Crippen molar-refractivity contribution in [3.05, 3.63) is 34.4 Å². The quantitative estimate of drug-likeness (QED) is 0.888. The Labute approximate surface area is 130 Å². The van der Waals surface area contributed by atoms with Gasteiger partial charge in [-0.1, -0.05) is 31.5 Å². The largest absolute Gasteiger partial charge is 0.376 e. The average Bonchev–Trinajstić information content (AvgIpc) is 2.34. The predicted octanol–water partition coefficient (Wildman–Crippen LogP) is 4.45. The number of ether oxygens (including phenoxy) is 1. The lowest BCUT2D eigenvalue weighted by atomic mass is 9.82. The molecule has 1 aliphatic carbocycles. The highest BCUT2D eigenvalue weighted by atomic mass is 16.5. The van der Waals surface area contributed by atoms with Gasteiger partial charge in [0.25, 0.3) is 0 Å². The van der Waals surface area contributed by atoms with Crippen LogP contribution in [-0.2, 0) is 4.74 Å². The van der Waals surface area contributed by atoms with Gasteiger partial charge >= 0.3 is 0 Å². The lowest BCUT2D eigenvalue weighted by Crippen LogP contribution is -2.29. The number of aryl methyl sites for hydroxylation is 3. The molecule has 21 heavy (non-hydrogen) atoms. The van der Waals surface area contributed by atoms with Crippen molar-refractivity contribution in [2.45, 2.75) is 66.0 Å². The zero-order valence-corrected chi connectivity index (χ0v) is 14.3. The SMILES string of the molecule is Cc1cc(C)c(C(N)COC2CC(C)CC(C)C2)c(C)c1. The highest BCUT2D eigenvalue weighted by Gasteiger charge is 2.25. The molecule has 2 N–H and O–H groups in total. The minimum absolute atomic E-state index is 0.0156. The lowest BCUT2D eigenvalue weighted by Gasteiger charge is -2.32. The van der Waals surface area contributed by atoms with E-state index in [0.29, 0.717) is 12.7 Å². The second-order valence-corrected chi connectivity index (χ2v) is 7.29. The summed E-state index contributed by atoms with van der Waals surface area (Å²) >= 11 is 0. The van der Waals surface area contributed by atoms with Gasteiger partial charge in [-0.2, -0.15) is 0 Å². The summed E-state index contributed by atoms with van der Waals surface area (Å²) in [5.74, 6) is 1.55. The van der Waals surface area contributed by atoms with Crippen molar-refractivity contribution in [1.82, 2.24) is 0 Å². The molecule has 1 saturated carbocycles. The topological polar surface area (TPSA) is 35.2 Å². The summed E-state index contributed by atoms with van der Waals surface area (Å²) in [6.07, 6.45) is 4.09. The van der Waals surface area contributed by atoms with Crippen molar-refractivity contribution in [2.75, 3.05) is 6.61 Å². The van der Waals surface area contributed by atoms with Gasteiger partial charge in [-0.25, -0.2) is 0 Å². The molecule has 2 nitrogen and oxygen atoms in total. The number of rotatable bonds is 4. The molecule has 3 atom stereocenters. The minimum atomic E-state index is -0.0156. The van der Waals surface area contributed by atoms with Gasteiger partial charge in [-0.3, -0.25) is 0 Å². The van der Waals surface area contributed by atoms with Crippen LogP contribution in [0.5, 0.6) is 0 Å². The molecule has 0 saturated heterocycles. The minimum Gasteiger partial charge on any atom is -0.376 e. The molecule has 0 spiro atoms. The van der Waals surface area contributed by atoms with Gasteiger partial charge < -0.3 is 10.5 Å². The van der Waals surface area contributed by atoms with Gasteiger partial charge in [-0.05, 0) is 68.6 Å². The van der Waals surface area contributed by atoms with Gasteiger partial charge in [0.2, 0.25) is 0 Å². The molecule has 0 bridgehead atoms. The van der Waals surface area contributed by atoms with Crippen LogP contribution in [-0.4, -0.2) is 12.7 Å². The molecule has 2 rings (SSSR count). The van der Waals surface area contributed by atoms with Gasteiger partial charge in [0.1, 0.15) is 0 Å². The second-order valence-electron chi connectivity index (χ2n) is 7.29. The average molecular weight is 289 g/mol. The Hall–Kier alpha value is -0.860. The summed E-state index contributed by atoms with van der Waals surface area (Å²) in [6.45, 7) is 11.7. The first-order valence-electron chi connectivity index (χ1n) is 8.31. The van der Waals surface area contributed by atoms with E-state index in [0.717, 1.165) is 11.8 Å². The summed E-state index contributed by atoms with van der Waals surface area (Å²) in [5.41, 5.74) is 11.5. The Balaban J connectivity index is 1.97. The first-order valence-corrected chi connectivity index (χ1v) is 8.31. The molecule has 1 aromatic carbocycles. The maximum atomic E-state index is 6.41. The first kappa shape index (κ1) is 16.5. The molecule has 1 fully saturated rings. The highest BCUT2D eigenvalue weighted by molar-refractivity contribution is 5.39. The number of hydrogen-bond donors (Lipinski definition) is 1. The van der Waals surface area contributed by atoms with Crippen molar-refractivity contribution in [1.29, 1.82) is 0 Å². The van der Waals surface area contributed by atoms with E-state index in [-0.39, 0.29) is 6.04 Å². The Bertz CT molecular complexity index is 449. The zero-order chi connectivity index (χ0) is 15.6. The smallest absolute Gasteiger partial charge is 0.0663 e. The van der Waals surface area contributed by atoms with E-state index in [9.17, 15) is 0 Å². The van der Waals surface area contributed by atoms with E-state index in [1.54, 1.807) is 0 Å². The third-order valence-corrected chi connectivity index (χ3v) is 4.76. The van der Waals surface area contributed by atoms with E-state index < -0.39 is 0 Å². The number of nitrogens with two attached hydrogens (primary N) is 1. The molecule has 3 unspecified atom stereocenters. The summed E-state index contributed by atoms with van der Waals surface area (Å²) < 4.78 is 6.16. The zero-order valence-electron chi connectivity index (χ0n) is 14.3. The highest BCUT2D eigenvalue weighted by Crippen LogP contribution is 2.31. The van der Waals surface area contributed by atoms with Crippen molar-refractivity contribution >= 4 is 0 Å². The van der Waals surface area contributed by atoms with Crippen LogP contribution >= 0.6 is 0 Å². The summed E-state index contributed by atoms with van der Waals surface area (Å²) in [5, 5.41) is 0. The monoisotopic (exact) mass is 289 g/mol. The normalized spacial score (nSPS) is 27.6. The third-order valence-electron chi connectivity index (χ3n) is 4.76. The molecule has 1 aliphatic rings. The standard InChI is InChI=1S/C19H31NO/c1-12-6-13(2)10-17(9-12)21-11-18(20)19-15(4)7-14(3)8-16(19)5/h7-8,12-13,17-18H,6,9-11,20H2,1-5H3. The van der Waals surface area contributed by atoms with Crippen molar-refractivity contribution in [3.63, 3.8) is 0 Å². The van der Waals surface area contributed by atoms with Crippen LogP contribution in [0.2, 0.25) is 0 Å². The molecule has 0 amide bonds. The van der Waals surface area contributed by atoms with Crippen LogP contribution in [0.4, 0.5) is 0 Å². The van der Waals surface area contributed by atoms with Gasteiger partial charge in [0.15, 0.2) is 0 Å². The summed E-state index contributed by atoms with van der Waals surface area (Å²) in [7, 11) is 0. The Morgan fingerprint density at radius 3 is 2.10 bits per heavy atom. The fraction of sp³-hybridized carbons (Fsp3) is 0.684. The summed E-state index contributed by atoms with van der Waals surface area (Å²) in [6, 6.07) is 4.41. The molecule has 1 aromatic rings. The molecule has 0 aromatic heterocycles. The van der Waals surface area contributed by atoms with Gasteiger partial charge in [0.05, 0.1) is 18.8 Å². The second kappa shape index (κ2) is 6.93. The molecule has 0 heterocycles. The molecule has 2 heteroatoms. The Morgan fingerprint density at radius 2 is 1.57 bits per heavy atom. The van der Waals surface area contributed by atoms with Crippen molar-refractivity contribution in [3.8, 4) is 0 Å². The van der Waals surface area contributed by atoms with Crippen LogP contribution in [0.3, 0.4) is 0 Å². The van der Waals surface area contributed by atoms with Crippen molar-refractivity contribution in [2.24, 2.45) is 17.6 Å². The molecule has 118 valence electrons. The first-order chi connectivity index (χ1) is 9.86. The predicted molar refractivity (Wildman–Crippen MR) is 89.5 cm³/mol. The van der Waals surface area contributed by atoms with Crippen LogP contribution in [0, 0.1) is 32.6 Å². The van der Waals surface area contributed by atoms with E-state index in [1.165, 1.54) is 41.5 Å². The number of benzene rings is 1. The van der Waals surface area contributed by atoms with Gasteiger partial charge in [0, 0.05) is 0 Å². The number of hydrogen-bond acceptors (Lipinski definition) is 2.